The van der Waals surface area contributed by atoms with Crippen LogP contribution < -0.4 is 0 Å². The zero-order valence-electron chi connectivity index (χ0n) is 14.8. The van der Waals surface area contributed by atoms with E-state index in [-0.39, 0.29) is 17.9 Å². The fourth-order valence-corrected chi connectivity index (χ4v) is 4.06. The molecule has 1 atom stereocenters. The third-order valence-electron chi connectivity index (χ3n) is 5.47. The van der Waals surface area contributed by atoms with E-state index < -0.39 is 0 Å². The molecule has 1 aliphatic carbocycles. The molecule has 1 unspecified atom stereocenters. The summed E-state index contributed by atoms with van der Waals surface area (Å²) in [6.07, 6.45) is 8.17. The van der Waals surface area contributed by atoms with Gasteiger partial charge in [0.05, 0.1) is 0 Å². The summed E-state index contributed by atoms with van der Waals surface area (Å²) in [5, 5.41) is 0. The number of likely N-dealkylation sites (tertiary alicyclic amines) is 1. The zero-order valence-corrected chi connectivity index (χ0v) is 14.8. The van der Waals surface area contributed by atoms with Crippen molar-refractivity contribution in [3.05, 3.63) is 35.4 Å². The molecule has 0 radical (unpaired) electrons. The highest BCUT2D eigenvalue weighted by molar-refractivity contribution is 5.97. The highest BCUT2D eigenvalue weighted by Gasteiger charge is 2.35. The minimum atomic E-state index is -0.300. The molecule has 130 valence electrons. The van der Waals surface area contributed by atoms with Crippen molar-refractivity contribution in [2.75, 3.05) is 20.6 Å². The second kappa shape index (κ2) is 7.37. The van der Waals surface area contributed by atoms with Gasteiger partial charge in [0.2, 0.25) is 5.91 Å². The number of carbonyl (C=O) groups excluding carboxylic acids is 2. The summed E-state index contributed by atoms with van der Waals surface area (Å²) >= 11 is 0. The first kappa shape index (κ1) is 17.0. The van der Waals surface area contributed by atoms with Crippen molar-refractivity contribution in [2.24, 2.45) is 0 Å². The van der Waals surface area contributed by atoms with Crippen molar-refractivity contribution >= 4 is 11.8 Å². The van der Waals surface area contributed by atoms with E-state index in [9.17, 15) is 9.59 Å². The molecule has 1 aromatic rings. The van der Waals surface area contributed by atoms with E-state index in [1.54, 1.807) is 23.9 Å². The summed E-state index contributed by atoms with van der Waals surface area (Å²) < 4.78 is 0. The van der Waals surface area contributed by atoms with Gasteiger partial charge in [0, 0.05) is 26.2 Å². The van der Waals surface area contributed by atoms with Crippen molar-refractivity contribution in [2.45, 2.75) is 56.9 Å². The van der Waals surface area contributed by atoms with Gasteiger partial charge in [-0.3, -0.25) is 9.59 Å². The first-order chi connectivity index (χ1) is 11.6. The zero-order chi connectivity index (χ0) is 17.1. The van der Waals surface area contributed by atoms with Gasteiger partial charge in [0.15, 0.2) is 0 Å². The molecule has 2 fully saturated rings. The largest absolute Gasteiger partial charge is 0.347 e. The molecule has 1 aromatic carbocycles. The van der Waals surface area contributed by atoms with Crippen molar-refractivity contribution in [1.82, 2.24) is 9.80 Å². The van der Waals surface area contributed by atoms with Crippen LogP contribution in [0.25, 0.3) is 0 Å². The molecule has 24 heavy (non-hydrogen) atoms. The second-order valence-electron chi connectivity index (χ2n) is 7.35. The number of carbonyl (C=O) groups is 2. The lowest BCUT2D eigenvalue weighted by molar-refractivity contribution is -0.132. The van der Waals surface area contributed by atoms with Crippen LogP contribution in [0.3, 0.4) is 0 Å². The van der Waals surface area contributed by atoms with Crippen molar-refractivity contribution in [3.8, 4) is 0 Å². The predicted octanol–water partition coefficient (Wildman–Crippen LogP) is 3.43. The molecule has 1 saturated carbocycles. The summed E-state index contributed by atoms with van der Waals surface area (Å²) in [6, 6.07) is 7.82. The minimum Gasteiger partial charge on any atom is -0.347 e. The third-order valence-corrected chi connectivity index (χ3v) is 5.47. The van der Waals surface area contributed by atoms with E-state index in [1.807, 2.05) is 12.1 Å². The standard InChI is InChI=1S/C20H28N2O2/c1-21(2)20(24)18-9-6-14-22(18)19(23)17-12-10-16(11-13-17)15-7-4-3-5-8-15/h10-13,15,18H,3-9,14H2,1-2H3. The Morgan fingerprint density at radius 2 is 1.62 bits per heavy atom. The molecule has 4 nitrogen and oxygen atoms in total. The van der Waals surface area contributed by atoms with Gasteiger partial charge in [-0.2, -0.15) is 0 Å². The number of hydrogen-bond donors (Lipinski definition) is 0. The van der Waals surface area contributed by atoms with Gasteiger partial charge < -0.3 is 9.80 Å². The van der Waals surface area contributed by atoms with Crippen LogP contribution in [0.1, 0.15) is 66.8 Å². The molecule has 1 heterocycles. The Labute approximate surface area is 144 Å². The number of hydrogen-bond acceptors (Lipinski definition) is 2. The molecule has 0 bridgehead atoms. The molecule has 2 aliphatic rings. The predicted molar refractivity (Wildman–Crippen MR) is 95.0 cm³/mol. The highest BCUT2D eigenvalue weighted by Crippen LogP contribution is 2.32. The van der Waals surface area contributed by atoms with E-state index in [4.69, 9.17) is 0 Å². The SMILES string of the molecule is CN(C)C(=O)C1CCCN1C(=O)c1ccc(C2CCCCC2)cc1. The molecular weight excluding hydrogens is 300 g/mol. The Balaban J connectivity index is 1.71. The van der Waals surface area contributed by atoms with Crippen LogP contribution in [0.2, 0.25) is 0 Å². The maximum atomic E-state index is 12.8. The summed E-state index contributed by atoms with van der Waals surface area (Å²) in [5.74, 6) is 0.667. The lowest BCUT2D eigenvalue weighted by Crippen LogP contribution is -2.45. The number of likely N-dealkylation sites (N-methyl/N-ethyl adjacent to an activating group) is 1. The Bertz CT molecular complexity index is 588. The molecule has 2 amide bonds. The first-order valence-corrected chi connectivity index (χ1v) is 9.20. The molecule has 1 saturated heterocycles. The van der Waals surface area contributed by atoms with Crippen molar-refractivity contribution < 1.29 is 9.59 Å². The summed E-state index contributed by atoms with van der Waals surface area (Å²) in [7, 11) is 3.50. The lowest BCUT2D eigenvalue weighted by atomic mass is 9.84. The number of benzene rings is 1. The van der Waals surface area contributed by atoms with Gasteiger partial charge in [-0.15, -0.1) is 0 Å². The number of rotatable bonds is 3. The van der Waals surface area contributed by atoms with E-state index in [2.05, 4.69) is 12.1 Å². The smallest absolute Gasteiger partial charge is 0.254 e. The summed E-state index contributed by atoms with van der Waals surface area (Å²) in [6.45, 7) is 0.674. The Morgan fingerprint density at radius 1 is 0.958 bits per heavy atom. The van der Waals surface area contributed by atoms with E-state index in [1.165, 1.54) is 37.7 Å². The van der Waals surface area contributed by atoms with Crippen LogP contribution in [-0.2, 0) is 4.79 Å². The molecule has 4 heteroatoms. The van der Waals surface area contributed by atoms with Gasteiger partial charge in [-0.1, -0.05) is 31.4 Å². The van der Waals surface area contributed by atoms with Gasteiger partial charge in [0.1, 0.15) is 6.04 Å². The average molecular weight is 328 g/mol. The van der Waals surface area contributed by atoms with Gasteiger partial charge in [0.25, 0.3) is 5.91 Å². The van der Waals surface area contributed by atoms with E-state index in [0.717, 1.165) is 12.8 Å². The van der Waals surface area contributed by atoms with Crippen LogP contribution in [0, 0.1) is 0 Å². The summed E-state index contributed by atoms with van der Waals surface area (Å²) in [4.78, 5) is 28.4. The van der Waals surface area contributed by atoms with E-state index >= 15 is 0 Å². The van der Waals surface area contributed by atoms with E-state index in [0.29, 0.717) is 18.0 Å². The van der Waals surface area contributed by atoms with Crippen molar-refractivity contribution in [3.63, 3.8) is 0 Å². The van der Waals surface area contributed by atoms with Crippen LogP contribution in [0.4, 0.5) is 0 Å². The Hall–Kier alpha value is -1.84. The average Bonchev–Trinajstić information content (AvgIpc) is 3.11. The van der Waals surface area contributed by atoms with Gasteiger partial charge >= 0.3 is 0 Å². The Morgan fingerprint density at radius 3 is 2.25 bits per heavy atom. The molecule has 3 rings (SSSR count). The second-order valence-corrected chi connectivity index (χ2v) is 7.35. The normalized spacial score (nSPS) is 21.8. The topological polar surface area (TPSA) is 40.6 Å². The molecule has 0 spiro atoms. The molecule has 0 aromatic heterocycles. The molecule has 1 aliphatic heterocycles. The van der Waals surface area contributed by atoms with Crippen LogP contribution >= 0.6 is 0 Å². The van der Waals surface area contributed by atoms with Crippen LogP contribution in [-0.4, -0.2) is 48.3 Å². The quantitative estimate of drug-likeness (QED) is 0.853. The number of nitrogens with zero attached hydrogens (tertiary/aromatic N) is 2. The Kier molecular flexibility index (Phi) is 5.22. The van der Waals surface area contributed by atoms with Gasteiger partial charge in [-0.25, -0.2) is 0 Å². The minimum absolute atomic E-state index is 0.0112. The van der Waals surface area contributed by atoms with Crippen molar-refractivity contribution in [1.29, 1.82) is 0 Å². The third kappa shape index (κ3) is 3.47. The maximum Gasteiger partial charge on any atom is 0.254 e. The monoisotopic (exact) mass is 328 g/mol. The molecular formula is C20H28N2O2. The summed E-state index contributed by atoms with van der Waals surface area (Å²) in [5.41, 5.74) is 2.06. The lowest BCUT2D eigenvalue weighted by Gasteiger charge is -2.26. The van der Waals surface area contributed by atoms with Gasteiger partial charge in [-0.05, 0) is 49.3 Å². The fraction of sp³-hybridized carbons (Fsp3) is 0.600. The molecule has 0 N–H and O–H groups in total. The number of amides is 2. The maximum absolute atomic E-state index is 12.8. The fourth-order valence-electron chi connectivity index (χ4n) is 4.06. The first-order valence-electron chi connectivity index (χ1n) is 9.20. The van der Waals surface area contributed by atoms with Crippen LogP contribution in [0.5, 0.6) is 0 Å². The van der Waals surface area contributed by atoms with Crippen LogP contribution in [0.15, 0.2) is 24.3 Å². The highest BCUT2D eigenvalue weighted by atomic mass is 16.2.